The molecule has 0 bridgehead atoms. The first-order valence-corrected chi connectivity index (χ1v) is 11.4. The second kappa shape index (κ2) is 11.2. The molecule has 2 aromatic rings. The third kappa shape index (κ3) is 7.25. The number of carbonyl (C=O) groups excluding carboxylic acids is 1. The molecular weight excluding hydrogens is 440 g/mol. The standard InChI is InChI=1S/C22H27ClN6O2.C2H6/c1-12-7-10-17(26-12)28-20-25-11-24-19(29-20)15-8-9-16(18(23)13(15)2)14(3)27-21(30)31-22(4,5)6;1-2/h7-12,14H,1-6H3,(H,27,30)(H,24,25,26,28,29);1-2H3. The van der Waals surface area contributed by atoms with E-state index in [-0.39, 0.29) is 12.1 Å². The molecule has 9 heteroatoms. The lowest BCUT2D eigenvalue weighted by molar-refractivity contribution is 0.0508. The van der Waals surface area contributed by atoms with E-state index >= 15 is 0 Å². The van der Waals surface area contributed by atoms with Crippen LogP contribution in [0.3, 0.4) is 0 Å². The fraction of sp³-hybridized carbons (Fsp3) is 0.458. The minimum absolute atomic E-state index is 0.133. The molecule has 2 N–H and O–H groups in total. The van der Waals surface area contributed by atoms with Gasteiger partial charge in [0.2, 0.25) is 5.95 Å². The molecule has 2 unspecified atom stereocenters. The van der Waals surface area contributed by atoms with Gasteiger partial charge < -0.3 is 15.4 Å². The van der Waals surface area contributed by atoms with Crippen LogP contribution in [0, 0.1) is 6.92 Å². The van der Waals surface area contributed by atoms with Gasteiger partial charge in [-0.05, 0) is 58.7 Å². The van der Waals surface area contributed by atoms with Gasteiger partial charge >= 0.3 is 6.09 Å². The van der Waals surface area contributed by atoms with E-state index in [0.29, 0.717) is 22.6 Å². The van der Waals surface area contributed by atoms with E-state index in [1.807, 2.05) is 79.7 Å². The first kappa shape index (κ1) is 26.3. The topological polar surface area (TPSA) is 101 Å². The molecular formula is C24H33ClN6O2. The highest BCUT2D eigenvalue weighted by molar-refractivity contribution is 6.32. The van der Waals surface area contributed by atoms with Crippen molar-refractivity contribution in [1.29, 1.82) is 0 Å². The van der Waals surface area contributed by atoms with Crippen molar-refractivity contribution in [2.75, 3.05) is 5.32 Å². The summed E-state index contributed by atoms with van der Waals surface area (Å²) in [6.45, 7) is 15.2. The average molecular weight is 473 g/mol. The molecule has 0 aliphatic carbocycles. The zero-order valence-corrected chi connectivity index (χ0v) is 21.3. The molecule has 0 saturated heterocycles. The van der Waals surface area contributed by atoms with Gasteiger partial charge in [-0.2, -0.15) is 4.98 Å². The summed E-state index contributed by atoms with van der Waals surface area (Å²) >= 11 is 6.65. The van der Waals surface area contributed by atoms with E-state index in [0.717, 1.165) is 16.7 Å². The summed E-state index contributed by atoms with van der Waals surface area (Å²) in [5.41, 5.74) is 1.79. The zero-order valence-electron chi connectivity index (χ0n) is 20.5. The number of amides is 1. The molecule has 2 atom stereocenters. The molecule has 3 rings (SSSR count). The Morgan fingerprint density at radius 3 is 2.52 bits per heavy atom. The maximum Gasteiger partial charge on any atom is 0.408 e. The average Bonchev–Trinajstić information content (AvgIpc) is 3.14. The Labute approximate surface area is 201 Å². The monoisotopic (exact) mass is 472 g/mol. The van der Waals surface area contributed by atoms with Crippen molar-refractivity contribution in [3.05, 3.63) is 46.8 Å². The molecule has 33 heavy (non-hydrogen) atoms. The number of aromatic nitrogens is 3. The van der Waals surface area contributed by atoms with Crippen molar-refractivity contribution >= 4 is 29.5 Å². The van der Waals surface area contributed by atoms with Crippen molar-refractivity contribution in [3.8, 4) is 11.4 Å². The number of nitrogens with one attached hydrogen (secondary N) is 2. The highest BCUT2D eigenvalue weighted by atomic mass is 35.5. The van der Waals surface area contributed by atoms with Crippen molar-refractivity contribution in [3.63, 3.8) is 0 Å². The first-order chi connectivity index (χ1) is 15.5. The number of hydrogen-bond acceptors (Lipinski definition) is 7. The number of hydrogen-bond donors (Lipinski definition) is 2. The van der Waals surface area contributed by atoms with Gasteiger partial charge in [0.05, 0.1) is 12.1 Å². The van der Waals surface area contributed by atoms with E-state index in [9.17, 15) is 4.79 Å². The second-order valence-electron chi connectivity index (χ2n) is 8.38. The highest BCUT2D eigenvalue weighted by Crippen LogP contribution is 2.32. The van der Waals surface area contributed by atoms with Crippen LogP contribution in [0.5, 0.6) is 0 Å². The number of ether oxygens (including phenoxy) is 1. The molecule has 0 radical (unpaired) electrons. The number of alkyl carbamates (subject to hydrolysis) is 1. The van der Waals surface area contributed by atoms with Gasteiger partial charge in [-0.25, -0.2) is 14.8 Å². The van der Waals surface area contributed by atoms with Crippen LogP contribution < -0.4 is 10.6 Å². The van der Waals surface area contributed by atoms with E-state index in [2.05, 4.69) is 30.6 Å². The Balaban J connectivity index is 0.00000187. The number of anilines is 1. The predicted molar refractivity (Wildman–Crippen MR) is 134 cm³/mol. The molecule has 8 nitrogen and oxygen atoms in total. The third-order valence-corrected chi connectivity index (χ3v) is 5.05. The molecule has 1 amide bonds. The number of benzene rings is 1. The van der Waals surface area contributed by atoms with Crippen LogP contribution in [0.4, 0.5) is 10.7 Å². The highest BCUT2D eigenvalue weighted by Gasteiger charge is 2.21. The number of halogens is 1. The number of carbonyl (C=O) groups is 1. The van der Waals surface area contributed by atoms with Crippen LogP contribution in [-0.4, -0.2) is 38.5 Å². The van der Waals surface area contributed by atoms with Crippen LogP contribution in [0.1, 0.15) is 65.6 Å². The summed E-state index contributed by atoms with van der Waals surface area (Å²) in [6, 6.07) is 3.54. The van der Waals surface area contributed by atoms with Crippen molar-refractivity contribution < 1.29 is 9.53 Å². The number of amidine groups is 1. The normalized spacial score (nSPS) is 15.8. The number of nitrogens with zero attached hydrogens (tertiary/aromatic N) is 4. The maximum atomic E-state index is 12.1. The van der Waals surface area contributed by atoms with Gasteiger partial charge in [-0.1, -0.05) is 43.7 Å². The van der Waals surface area contributed by atoms with Gasteiger partial charge in [0, 0.05) is 10.6 Å². The van der Waals surface area contributed by atoms with Crippen LogP contribution in [0.2, 0.25) is 5.02 Å². The lowest BCUT2D eigenvalue weighted by atomic mass is 10.0. The first-order valence-electron chi connectivity index (χ1n) is 11.0. The second-order valence-corrected chi connectivity index (χ2v) is 8.76. The van der Waals surface area contributed by atoms with E-state index < -0.39 is 11.7 Å². The lowest BCUT2D eigenvalue weighted by Gasteiger charge is -2.23. The fourth-order valence-electron chi connectivity index (χ4n) is 3.06. The molecule has 178 valence electrons. The summed E-state index contributed by atoms with van der Waals surface area (Å²) < 4.78 is 5.33. The van der Waals surface area contributed by atoms with Gasteiger partial charge in [0.15, 0.2) is 5.82 Å². The third-order valence-electron chi connectivity index (χ3n) is 4.54. The van der Waals surface area contributed by atoms with Crippen LogP contribution in [0.15, 0.2) is 35.6 Å². The van der Waals surface area contributed by atoms with Gasteiger partial charge in [0.25, 0.3) is 0 Å². The molecule has 0 fully saturated rings. The summed E-state index contributed by atoms with van der Waals surface area (Å²) in [4.78, 5) is 29.5. The van der Waals surface area contributed by atoms with Crippen molar-refractivity contribution in [2.24, 2.45) is 4.99 Å². The Morgan fingerprint density at radius 1 is 1.21 bits per heavy atom. The number of aliphatic imine (C=N–C) groups is 1. The van der Waals surface area contributed by atoms with Gasteiger partial charge in [0.1, 0.15) is 17.8 Å². The number of rotatable bonds is 4. The SMILES string of the molecule is CC.Cc1c(-c2ncnc(NC3=NC(C)C=C3)n2)ccc(C(C)NC(=O)OC(C)(C)C)c1Cl. The Kier molecular flexibility index (Phi) is 8.93. The summed E-state index contributed by atoms with van der Waals surface area (Å²) in [5.74, 6) is 1.60. The fourth-order valence-corrected chi connectivity index (χ4v) is 3.38. The largest absolute Gasteiger partial charge is 0.444 e. The van der Waals surface area contributed by atoms with Gasteiger partial charge in [-0.15, -0.1) is 0 Å². The molecule has 1 aromatic heterocycles. The molecule has 0 spiro atoms. The molecule has 1 aliphatic rings. The van der Waals surface area contributed by atoms with E-state index in [4.69, 9.17) is 16.3 Å². The summed E-state index contributed by atoms with van der Waals surface area (Å²) in [5, 5.41) is 6.44. The zero-order chi connectivity index (χ0) is 24.8. The molecule has 0 saturated carbocycles. The summed E-state index contributed by atoms with van der Waals surface area (Å²) in [7, 11) is 0. The van der Waals surface area contributed by atoms with Crippen LogP contribution >= 0.6 is 11.6 Å². The molecule has 2 heterocycles. The molecule has 1 aliphatic heterocycles. The maximum absolute atomic E-state index is 12.1. The van der Waals surface area contributed by atoms with Crippen LogP contribution in [-0.2, 0) is 4.74 Å². The van der Waals surface area contributed by atoms with Gasteiger partial charge in [-0.3, -0.25) is 4.99 Å². The quantitative estimate of drug-likeness (QED) is 0.576. The van der Waals surface area contributed by atoms with Crippen molar-refractivity contribution in [1.82, 2.24) is 20.3 Å². The van der Waals surface area contributed by atoms with E-state index in [1.54, 1.807) is 0 Å². The Hall–Kier alpha value is -3.00. The Bertz CT molecular complexity index is 1050. The smallest absolute Gasteiger partial charge is 0.408 e. The lowest BCUT2D eigenvalue weighted by Crippen LogP contribution is -2.34. The van der Waals surface area contributed by atoms with Crippen molar-refractivity contribution in [2.45, 2.75) is 73.1 Å². The summed E-state index contributed by atoms with van der Waals surface area (Å²) in [6.07, 6.45) is 4.83. The van der Waals surface area contributed by atoms with Crippen LogP contribution in [0.25, 0.3) is 11.4 Å². The van der Waals surface area contributed by atoms with E-state index in [1.165, 1.54) is 6.33 Å². The minimum atomic E-state index is -0.574. The predicted octanol–water partition coefficient (Wildman–Crippen LogP) is 5.88. The minimum Gasteiger partial charge on any atom is -0.444 e. The molecule has 1 aromatic carbocycles. The Morgan fingerprint density at radius 2 is 1.91 bits per heavy atom.